The van der Waals surface area contributed by atoms with Gasteiger partial charge in [-0.25, -0.2) is 4.98 Å². The smallest absolute Gasteiger partial charge is 0.194 e. The summed E-state index contributed by atoms with van der Waals surface area (Å²) in [5, 5.41) is 7.53. The zero-order chi connectivity index (χ0) is 18.1. The number of hydrogen-bond donors (Lipinski definition) is 1. The van der Waals surface area contributed by atoms with E-state index in [0.717, 1.165) is 50.7 Å². The number of nitrogens with zero attached hydrogens (tertiary/aromatic N) is 5. The molecule has 1 saturated carbocycles. The van der Waals surface area contributed by atoms with Gasteiger partial charge in [0.2, 0.25) is 0 Å². The first-order valence-electron chi connectivity index (χ1n) is 9.56. The highest BCUT2D eigenvalue weighted by molar-refractivity contribution is 5.79. The van der Waals surface area contributed by atoms with E-state index in [2.05, 4.69) is 34.1 Å². The van der Waals surface area contributed by atoms with Crippen molar-refractivity contribution in [2.75, 3.05) is 26.7 Å². The van der Waals surface area contributed by atoms with Crippen LogP contribution in [0.3, 0.4) is 0 Å². The van der Waals surface area contributed by atoms with Crippen LogP contribution in [-0.4, -0.2) is 58.0 Å². The van der Waals surface area contributed by atoms with Gasteiger partial charge in [-0.05, 0) is 26.2 Å². The Balaban J connectivity index is 2.06. The summed E-state index contributed by atoms with van der Waals surface area (Å²) in [4.78, 5) is 11.3. The molecule has 0 aromatic carbocycles. The minimum Gasteiger partial charge on any atom is -0.373 e. The Morgan fingerprint density at radius 3 is 2.72 bits per heavy atom. The maximum absolute atomic E-state index is 6.27. The summed E-state index contributed by atoms with van der Waals surface area (Å²) in [7, 11) is 3.95. The van der Waals surface area contributed by atoms with Crippen LogP contribution in [-0.2, 0) is 18.3 Å². The maximum atomic E-state index is 6.27. The highest BCUT2D eigenvalue weighted by Gasteiger charge is 2.33. The van der Waals surface area contributed by atoms with Gasteiger partial charge in [-0.1, -0.05) is 26.2 Å². The predicted octanol–water partition coefficient (Wildman–Crippen LogP) is 2.34. The lowest BCUT2D eigenvalue weighted by atomic mass is 9.84. The molecule has 25 heavy (non-hydrogen) atoms. The van der Waals surface area contributed by atoms with Crippen molar-refractivity contribution in [1.82, 2.24) is 25.0 Å². The molecule has 0 amide bonds. The zero-order valence-corrected chi connectivity index (χ0v) is 16.3. The van der Waals surface area contributed by atoms with Crippen LogP contribution < -0.4 is 5.32 Å². The molecule has 1 aromatic heterocycles. The molecular formula is C18H34N6O. The van der Waals surface area contributed by atoms with Crippen LogP contribution in [0.15, 0.2) is 11.3 Å². The first-order chi connectivity index (χ1) is 12.1. The van der Waals surface area contributed by atoms with Gasteiger partial charge in [0.25, 0.3) is 0 Å². The molecule has 7 heteroatoms. The van der Waals surface area contributed by atoms with Crippen molar-refractivity contribution in [1.29, 1.82) is 0 Å². The van der Waals surface area contributed by atoms with Crippen LogP contribution in [0.25, 0.3) is 0 Å². The third-order valence-corrected chi connectivity index (χ3v) is 4.77. The Hall–Kier alpha value is -1.63. The van der Waals surface area contributed by atoms with Crippen molar-refractivity contribution in [3.05, 3.63) is 12.2 Å². The van der Waals surface area contributed by atoms with Crippen LogP contribution in [0.2, 0.25) is 0 Å². The summed E-state index contributed by atoms with van der Waals surface area (Å²) in [5.74, 6) is 1.82. The average Bonchev–Trinajstić information content (AvgIpc) is 3.02. The molecule has 2 rings (SSSR count). The van der Waals surface area contributed by atoms with Gasteiger partial charge in [-0.3, -0.25) is 9.67 Å². The lowest BCUT2D eigenvalue weighted by molar-refractivity contribution is -0.0625. The Kier molecular flexibility index (Phi) is 7.68. The monoisotopic (exact) mass is 350 g/mol. The van der Waals surface area contributed by atoms with Gasteiger partial charge >= 0.3 is 0 Å². The van der Waals surface area contributed by atoms with Crippen LogP contribution in [0, 0.1) is 0 Å². The number of aromatic nitrogens is 3. The van der Waals surface area contributed by atoms with Gasteiger partial charge in [0.05, 0.1) is 18.7 Å². The van der Waals surface area contributed by atoms with Crippen LogP contribution in [0.5, 0.6) is 0 Å². The van der Waals surface area contributed by atoms with E-state index < -0.39 is 0 Å². The predicted molar refractivity (Wildman–Crippen MR) is 101 cm³/mol. The Morgan fingerprint density at radius 2 is 2.12 bits per heavy atom. The van der Waals surface area contributed by atoms with Crippen molar-refractivity contribution in [3.63, 3.8) is 0 Å². The molecule has 7 nitrogen and oxygen atoms in total. The van der Waals surface area contributed by atoms with Gasteiger partial charge in [0, 0.05) is 27.2 Å². The molecule has 0 atom stereocenters. The number of guanidine groups is 1. The van der Waals surface area contributed by atoms with Gasteiger partial charge in [-0.15, -0.1) is 0 Å². The Bertz CT molecular complexity index is 535. The van der Waals surface area contributed by atoms with E-state index in [1.165, 1.54) is 19.3 Å². The molecule has 0 aliphatic heterocycles. The number of nitrogens with one attached hydrogen (secondary N) is 1. The van der Waals surface area contributed by atoms with Crippen molar-refractivity contribution >= 4 is 5.96 Å². The number of ether oxygens (including phenoxy) is 1. The molecule has 1 N–H and O–H groups in total. The molecule has 1 fully saturated rings. The van der Waals surface area contributed by atoms with Gasteiger partial charge < -0.3 is 15.0 Å². The third-order valence-electron chi connectivity index (χ3n) is 4.77. The number of rotatable bonds is 8. The van der Waals surface area contributed by atoms with E-state index in [0.29, 0.717) is 6.54 Å². The van der Waals surface area contributed by atoms with Gasteiger partial charge in [0.1, 0.15) is 12.2 Å². The van der Waals surface area contributed by atoms with Gasteiger partial charge in [-0.2, -0.15) is 5.10 Å². The number of hydrogen-bond acceptors (Lipinski definition) is 4. The minimum absolute atomic E-state index is 0.0828. The second-order valence-corrected chi connectivity index (χ2v) is 6.92. The molecule has 1 aliphatic rings. The van der Waals surface area contributed by atoms with Crippen molar-refractivity contribution < 1.29 is 4.74 Å². The second kappa shape index (κ2) is 9.75. The lowest BCUT2D eigenvalue weighted by Gasteiger charge is -2.36. The standard InChI is InChI=1S/C18H34N6O/c1-5-12-25-18(10-8-7-9-11-18)14-20-17(19-6-2)23(3)13-16-21-15-22-24(16)4/h15H,5-14H2,1-4H3,(H,19,20). The van der Waals surface area contributed by atoms with E-state index in [1.54, 1.807) is 11.0 Å². The fraction of sp³-hybridized carbons (Fsp3) is 0.833. The largest absolute Gasteiger partial charge is 0.373 e. The quantitative estimate of drug-likeness (QED) is 0.576. The van der Waals surface area contributed by atoms with Crippen LogP contribution >= 0.6 is 0 Å². The SMILES string of the molecule is CCCOC1(CN=C(NCC)N(C)Cc2ncnn2C)CCCCC1. The fourth-order valence-electron chi connectivity index (χ4n) is 3.30. The van der Waals surface area contributed by atoms with Crippen molar-refractivity contribution in [2.24, 2.45) is 12.0 Å². The zero-order valence-electron chi connectivity index (χ0n) is 16.3. The molecule has 1 aliphatic carbocycles. The average molecular weight is 351 g/mol. The van der Waals surface area contributed by atoms with Crippen LogP contribution in [0.1, 0.15) is 58.2 Å². The van der Waals surface area contributed by atoms with Gasteiger partial charge in [0.15, 0.2) is 5.96 Å². The third kappa shape index (κ3) is 5.70. The summed E-state index contributed by atoms with van der Waals surface area (Å²) in [6, 6.07) is 0. The van der Waals surface area contributed by atoms with E-state index in [9.17, 15) is 0 Å². The van der Waals surface area contributed by atoms with Crippen molar-refractivity contribution in [2.45, 2.75) is 64.5 Å². The minimum atomic E-state index is -0.0828. The summed E-state index contributed by atoms with van der Waals surface area (Å²) in [6.07, 6.45) is 8.66. The normalized spacial score (nSPS) is 17.5. The maximum Gasteiger partial charge on any atom is 0.194 e. The summed E-state index contributed by atoms with van der Waals surface area (Å²) in [6.45, 7) is 7.31. The molecular weight excluding hydrogens is 316 g/mol. The molecule has 0 radical (unpaired) electrons. The molecule has 0 unspecified atom stereocenters. The highest BCUT2D eigenvalue weighted by Crippen LogP contribution is 2.32. The lowest BCUT2D eigenvalue weighted by Crippen LogP contribution is -2.43. The summed E-state index contributed by atoms with van der Waals surface area (Å²) < 4.78 is 8.07. The molecule has 142 valence electrons. The van der Waals surface area contributed by atoms with Crippen LogP contribution in [0.4, 0.5) is 0 Å². The molecule has 0 saturated heterocycles. The highest BCUT2D eigenvalue weighted by atomic mass is 16.5. The molecule has 1 aromatic rings. The summed E-state index contributed by atoms with van der Waals surface area (Å²) in [5.41, 5.74) is -0.0828. The van der Waals surface area contributed by atoms with E-state index in [-0.39, 0.29) is 5.60 Å². The first kappa shape index (κ1) is 19.7. The summed E-state index contributed by atoms with van der Waals surface area (Å²) >= 11 is 0. The second-order valence-electron chi connectivity index (χ2n) is 6.92. The van der Waals surface area contributed by atoms with E-state index in [1.807, 2.05) is 14.1 Å². The fourth-order valence-corrected chi connectivity index (χ4v) is 3.30. The Morgan fingerprint density at radius 1 is 1.36 bits per heavy atom. The molecule has 0 bridgehead atoms. The Labute approximate surface area is 151 Å². The molecule has 0 spiro atoms. The first-order valence-corrected chi connectivity index (χ1v) is 9.56. The number of aliphatic imine (C=N–C) groups is 1. The topological polar surface area (TPSA) is 67.6 Å². The number of aryl methyl sites for hydroxylation is 1. The molecule has 1 heterocycles. The van der Waals surface area contributed by atoms with E-state index in [4.69, 9.17) is 9.73 Å². The van der Waals surface area contributed by atoms with E-state index >= 15 is 0 Å². The van der Waals surface area contributed by atoms with Crippen molar-refractivity contribution in [3.8, 4) is 0 Å².